The Balaban J connectivity index is 1.57. The number of hydrogen-bond donors (Lipinski definition) is 1. The molecule has 0 aromatic heterocycles. The molecule has 3 rings (SSSR count). The molecule has 0 unspecified atom stereocenters. The molecule has 0 saturated heterocycles. The summed E-state index contributed by atoms with van der Waals surface area (Å²) in [4.78, 5) is 12.2. The Bertz CT molecular complexity index is 924. The Morgan fingerprint density at radius 2 is 1.69 bits per heavy atom. The van der Waals surface area contributed by atoms with E-state index < -0.39 is 15.9 Å². The van der Waals surface area contributed by atoms with Gasteiger partial charge in [0.15, 0.2) is 6.61 Å². The zero-order valence-corrected chi connectivity index (χ0v) is 17.1. The largest absolute Gasteiger partial charge is 0.484 e. The molecule has 0 heterocycles. The van der Waals surface area contributed by atoms with E-state index in [-0.39, 0.29) is 23.4 Å². The van der Waals surface area contributed by atoms with Gasteiger partial charge in [0.1, 0.15) is 11.6 Å². The summed E-state index contributed by atoms with van der Waals surface area (Å²) in [5, 5.41) is 2.65. The lowest BCUT2D eigenvalue weighted by molar-refractivity contribution is -0.118. The minimum absolute atomic E-state index is 0.0386. The zero-order chi connectivity index (χ0) is 20.9. The van der Waals surface area contributed by atoms with Crippen molar-refractivity contribution in [2.24, 2.45) is 0 Å². The fraction of sp³-hybridized carbons (Fsp3) is 0.381. The third-order valence-electron chi connectivity index (χ3n) is 5.09. The van der Waals surface area contributed by atoms with Crippen LogP contribution in [0.15, 0.2) is 53.4 Å². The maximum absolute atomic E-state index is 12.9. The SMILES string of the molecule is CN(C1CCCCC1)S(=O)(=O)c1ccc(NC(=O)COc2ccc(F)cc2)cc1. The standard InChI is InChI=1S/C21H25FN2O4S/c1-24(18-5-3-2-4-6-18)29(26,27)20-13-9-17(10-14-20)23-21(25)15-28-19-11-7-16(22)8-12-19/h7-14,18H,2-6,15H2,1H3,(H,23,25). The number of amides is 1. The van der Waals surface area contributed by atoms with Crippen molar-refractivity contribution in [1.29, 1.82) is 0 Å². The Hall–Kier alpha value is -2.45. The highest BCUT2D eigenvalue weighted by molar-refractivity contribution is 7.89. The van der Waals surface area contributed by atoms with Crippen molar-refractivity contribution in [2.45, 2.75) is 43.0 Å². The molecule has 0 bridgehead atoms. The minimum atomic E-state index is -3.57. The predicted molar refractivity (Wildman–Crippen MR) is 109 cm³/mol. The second kappa shape index (κ2) is 9.37. The molecule has 2 aromatic carbocycles. The number of halogens is 1. The molecule has 2 aromatic rings. The normalized spacial score (nSPS) is 15.3. The smallest absolute Gasteiger partial charge is 0.262 e. The van der Waals surface area contributed by atoms with Crippen LogP contribution in [0.3, 0.4) is 0 Å². The molecule has 29 heavy (non-hydrogen) atoms. The zero-order valence-electron chi connectivity index (χ0n) is 16.3. The van der Waals surface area contributed by atoms with E-state index in [1.165, 1.54) is 40.7 Å². The molecule has 1 aliphatic carbocycles. The van der Waals surface area contributed by atoms with Crippen LogP contribution in [-0.4, -0.2) is 38.3 Å². The van der Waals surface area contributed by atoms with E-state index in [1.807, 2.05) is 0 Å². The van der Waals surface area contributed by atoms with E-state index >= 15 is 0 Å². The summed E-state index contributed by atoms with van der Waals surface area (Å²) in [6.45, 7) is -0.240. The molecule has 6 nitrogen and oxygen atoms in total. The van der Waals surface area contributed by atoms with Gasteiger partial charge in [0.2, 0.25) is 10.0 Å². The molecular formula is C21H25FN2O4S. The highest BCUT2D eigenvalue weighted by atomic mass is 32.2. The van der Waals surface area contributed by atoms with Crippen LogP contribution in [0.1, 0.15) is 32.1 Å². The van der Waals surface area contributed by atoms with Crippen molar-refractivity contribution in [3.63, 3.8) is 0 Å². The van der Waals surface area contributed by atoms with Gasteiger partial charge in [-0.3, -0.25) is 4.79 Å². The fourth-order valence-electron chi connectivity index (χ4n) is 3.39. The number of carbonyl (C=O) groups is 1. The third-order valence-corrected chi connectivity index (χ3v) is 7.01. The highest BCUT2D eigenvalue weighted by Gasteiger charge is 2.28. The number of nitrogens with zero attached hydrogens (tertiary/aromatic N) is 1. The van der Waals surface area contributed by atoms with E-state index in [9.17, 15) is 17.6 Å². The topological polar surface area (TPSA) is 75.7 Å². The first-order valence-electron chi connectivity index (χ1n) is 9.62. The second-order valence-corrected chi connectivity index (χ2v) is 9.13. The summed E-state index contributed by atoms with van der Waals surface area (Å²) in [6.07, 6.45) is 5.03. The van der Waals surface area contributed by atoms with Gasteiger partial charge in [-0.05, 0) is 61.4 Å². The summed E-state index contributed by atoms with van der Waals surface area (Å²) in [5.41, 5.74) is 0.469. The number of benzene rings is 2. The number of nitrogens with one attached hydrogen (secondary N) is 1. The summed E-state index contributed by atoms with van der Waals surface area (Å²) in [6, 6.07) is 11.5. The van der Waals surface area contributed by atoms with Crippen LogP contribution in [0.25, 0.3) is 0 Å². The average molecular weight is 421 g/mol. The predicted octanol–water partition coefficient (Wildman–Crippen LogP) is 3.80. The van der Waals surface area contributed by atoms with Crippen molar-refractivity contribution in [1.82, 2.24) is 4.31 Å². The summed E-state index contributed by atoms with van der Waals surface area (Å²) < 4.78 is 45.3. The molecule has 1 amide bonds. The molecule has 0 spiro atoms. The highest BCUT2D eigenvalue weighted by Crippen LogP contribution is 2.27. The van der Waals surface area contributed by atoms with Gasteiger partial charge in [0.25, 0.3) is 5.91 Å². The third kappa shape index (κ3) is 5.55. The van der Waals surface area contributed by atoms with Gasteiger partial charge in [-0.25, -0.2) is 12.8 Å². The van der Waals surface area contributed by atoms with E-state index in [0.717, 1.165) is 32.1 Å². The summed E-state index contributed by atoms with van der Waals surface area (Å²) >= 11 is 0. The first kappa shape index (κ1) is 21.3. The van der Waals surface area contributed by atoms with Crippen LogP contribution in [0.4, 0.5) is 10.1 Å². The van der Waals surface area contributed by atoms with Crippen LogP contribution in [0.5, 0.6) is 5.75 Å². The van der Waals surface area contributed by atoms with E-state index in [1.54, 1.807) is 19.2 Å². The molecule has 156 valence electrons. The quantitative estimate of drug-likeness (QED) is 0.739. The van der Waals surface area contributed by atoms with Gasteiger partial charge >= 0.3 is 0 Å². The van der Waals surface area contributed by atoms with Gasteiger partial charge in [0, 0.05) is 18.8 Å². The van der Waals surface area contributed by atoms with Crippen LogP contribution < -0.4 is 10.1 Å². The number of hydrogen-bond acceptors (Lipinski definition) is 4. The van der Waals surface area contributed by atoms with Crippen LogP contribution >= 0.6 is 0 Å². The molecule has 1 aliphatic rings. The Labute approximate surface area is 170 Å². The van der Waals surface area contributed by atoms with Crippen molar-refractivity contribution >= 4 is 21.6 Å². The van der Waals surface area contributed by atoms with Gasteiger partial charge in [0.05, 0.1) is 4.90 Å². The van der Waals surface area contributed by atoms with E-state index in [4.69, 9.17) is 4.74 Å². The van der Waals surface area contributed by atoms with Crippen LogP contribution in [-0.2, 0) is 14.8 Å². The van der Waals surface area contributed by atoms with Crippen LogP contribution in [0, 0.1) is 5.82 Å². The van der Waals surface area contributed by atoms with E-state index in [2.05, 4.69) is 5.32 Å². The molecule has 0 radical (unpaired) electrons. The maximum Gasteiger partial charge on any atom is 0.262 e. The first-order chi connectivity index (χ1) is 13.9. The van der Waals surface area contributed by atoms with Crippen LogP contribution in [0.2, 0.25) is 0 Å². The molecule has 0 aliphatic heterocycles. The number of carbonyl (C=O) groups excluding carboxylic acids is 1. The Morgan fingerprint density at radius 1 is 1.07 bits per heavy atom. The molecule has 8 heteroatoms. The maximum atomic E-state index is 12.9. The van der Waals surface area contributed by atoms with Crippen molar-refractivity contribution in [3.05, 3.63) is 54.3 Å². The molecule has 1 fully saturated rings. The van der Waals surface area contributed by atoms with Gasteiger partial charge < -0.3 is 10.1 Å². The van der Waals surface area contributed by atoms with Crippen molar-refractivity contribution < 1.29 is 22.3 Å². The molecule has 1 N–H and O–H groups in total. The minimum Gasteiger partial charge on any atom is -0.484 e. The summed E-state index contributed by atoms with van der Waals surface area (Å²) in [7, 11) is -1.94. The lowest BCUT2D eigenvalue weighted by Crippen LogP contribution is -2.38. The lowest BCUT2D eigenvalue weighted by atomic mass is 9.96. The van der Waals surface area contributed by atoms with Gasteiger partial charge in [-0.1, -0.05) is 19.3 Å². The van der Waals surface area contributed by atoms with Gasteiger partial charge in [-0.15, -0.1) is 0 Å². The fourth-order valence-corrected chi connectivity index (χ4v) is 4.81. The first-order valence-corrected chi connectivity index (χ1v) is 11.1. The number of sulfonamides is 1. The number of anilines is 1. The molecule has 0 atom stereocenters. The Kier molecular flexibility index (Phi) is 6.87. The molecular weight excluding hydrogens is 395 g/mol. The number of ether oxygens (including phenoxy) is 1. The van der Waals surface area contributed by atoms with Crippen molar-refractivity contribution in [2.75, 3.05) is 19.0 Å². The van der Waals surface area contributed by atoms with E-state index in [0.29, 0.717) is 11.4 Å². The Morgan fingerprint density at radius 3 is 2.31 bits per heavy atom. The lowest BCUT2D eigenvalue weighted by Gasteiger charge is -2.30. The van der Waals surface area contributed by atoms with Crippen molar-refractivity contribution in [3.8, 4) is 5.75 Å². The van der Waals surface area contributed by atoms with Gasteiger partial charge in [-0.2, -0.15) is 4.31 Å². The monoisotopic (exact) mass is 420 g/mol. The number of rotatable bonds is 7. The second-order valence-electron chi connectivity index (χ2n) is 7.13. The average Bonchev–Trinajstić information content (AvgIpc) is 2.74. The summed E-state index contributed by atoms with van der Waals surface area (Å²) in [5.74, 6) is -0.399. The molecule has 1 saturated carbocycles.